The van der Waals surface area contributed by atoms with Crippen molar-refractivity contribution in [3.8, 4) is 0 Å². The maximum atomic E-state index is 4.30. The first-order valence-electron chi connectivity index (χ1n) is 3.87. The summed E-state index contributed by atoms with van der Waals surface area (Å²) in [6, 6.07) is 0.457. The van der Waals surface area contributed by atoms with Gasteiger partial charge in [-0.1, -0.05) is 0 Å². The van der Waals surface area contributed by atoms with Gasteiger partial charge in [0.2, 0.25) is 5.96 Å². The molecule has 0 fully saturated rings. The third-order valence-corrected chi connectivity index (χ3v) is 1.59. The molecule has 4 nitrogen and oxygen atoms in total. The number of nitrogens with one attached hydrogen (secondary N) is 1. The van der Waals surface area contributed by atoms with E-state index in [1.165, 1.54) is 0 Å². The first kappa shape index (κ1) is 8.33. The highest BCUT2D eigenvalue weighted by Crippen LogP contribution is 2.03. The molecule has 0 unspecified atom stereocenters. The fourth-order valence-corrected chi connectivity index (χ4v) is 1.10. The molecule has 0 radical (unpaired) electrons. The summed E-state index contributed by atoms with van der Waals surface area (Å²) in [5.41, 5.74) is 3.18. The highest BCUT2D eigenvalue weighted by molar-refractivity contribution is 5.80. The third-order valence-electron chi connectivity index (χ3n) is 1.59. The zero-order valence-corrected chi connectivity index (χ0v) is 7.63. The van der Waals surface area contributed by atoms with Gasteiger partial charge in [-0.25, -0.2) is 10.4 Å². The van der Waals surface area contributed by atoms with Crippen LogP contribution in [0.15, 0.2) is 4.99 Å². The van der Waals surface area contributed by atoms with Crippen molar-refractivity contribution in [1.29, 1.82) is 0 Å². The summed E-state index contributed by atoms with van der Waals surface area (Å²) in [6.07, 6.45) is 0. The van der Waals surface area contributed by atoms with Gasteiger partial charge in [0.05, 0.1) is 0 Å². The van der Waals surface area contributed by atoms with Gasteiger partial charge in [0.15, 0.2) is 0 Å². The van der Waals surface area contributed by atoms with Crippen molar-refractivity contribution in [2.24, 2.45) is 4.99 Å². The van der Waals surface area contributed by atoms with Gasteiger partial charge in [0.25, 0.3) is 0 Å². The molecular formula is C7H16N4. The van der Waals surface area contributed by atoms with E-state index >= 15 is 0 Å². The Morgan fingerprint density at radius 3 is 2.55 bits per heavy atom. The molecule has 0 saturated heterocycles. The standard InChI is InChI=1S/C7H16N4/c1-6(2)11-7(10(3)4)8-5-9-11/h6,9H,5H2,1-4H3. The van der Waals surface area contributed by atoms with Gasteiger partial charge in [-0.05, 0) is 13.8 Å². The molecule has 11 heavy (non-hydrogen) atoms. The number of hydrazine groups is 1. The zero-order chi connectivity index (χ0) is 8.43. The van der Waals surface area contributed by atoms with Crippen LogP contribution in [0.5, 0.6) is 0 Å². The molecule has 0 spiro atoms. The summed E-state index contributed by atoms with van der Waals surface area (Å²) in [5.74, 6) is 1.01. The number of nitrogens with zero attached hydrogens (tertiary/aromatic N) is 3. The van der Waals surface area contributed by atoms with E-state index in [1.54, 1.807) is 0 Å². The summed E-state index contributed by atoms with van der Waals surface area (Å²) in [5, 5.41) is 2.07. The minimum absolute atomic E-state index is 0.457. The average Bonchev–Trinajstić information content (AvgIpc) is 2.32. The summed E-state index contributed by atoms with van der Waals surface area (Å²) >= 11 is 0. The van der Waals surface area contributed by atoms with Crippen LogP contribution in [0.25, 0.3) is 0 Å². The van der Waals surface area contributed by atoms with E-state index in [4.69, 9.17) is 0 Å². The first-order chi connectivity index (χ1) is 5.13. The zero-order valence-electron chi connectivity index (χ0n) is 7.63. The highest BCUT2D eigenvalue weighted by atomic mass is 15.6. The van der Waals surface area contributed by atoms with Crippen LogP contribution >= 0.6 is 0 Å². The fourth-order valence-electron chi connectivity index (χ4n) is 1.10. The van der Waals surface area contributed by atoms with Gasteiger partial charge in [0, 0.05) is 20.1 Å². The molecule has 1 rings (SSSR count). The summed E-state index contributed by atoms with van der Waals surface area (Å²) in [4.78, 5) is 6.31. The Hall–Kier alpha value is -0.770. The third kappa shape index (κ3) is 1.63. The number of hydrogen-bond donors (Lipinski definition) is 1. The molecule has 1 aliphatic heterocycles. The second kappa shape index (κ2) is 3.09. The van der Waals surface area contributed by atoms with Gasteiger partial charge in [-0.3, -0.25) is 5.01 Å². The topological polar surface area (TPSA) is 30.9 Å². The molecule has 0 aliphatic carbocycles. The summed E-state index contributed by atoms with van der Waals surface area (Å²) in [6.45, 7) is 4.97. The molecule has 4 heteroatoms. The minimum atomic E-state index is 0.457. The Kier molecular flexibility index (Phi) is 2.34. The van der Waals surface area contributed by atoms with Crippen molar-refractivity contribution in [2.45, 2.75) is 19.9 Å². The van der Waals surface area contributed by atoms with Gasteiger partial charge in [0.1, 0.15) is 6.67 Å². The monoisotopic (exact) mass is 156 g/mol. The second-order valence-electron chi connectivity index (χ2n) is 3.13. The van der Waals surface area contributed by atoms with Crippen LogP contribution in [0.2, 0.25) is 0 Å². The van der Waals surface area contributed by atoms with Gasteiger partial charge in [-0.15, -0.1) is 0 Å². The predicted octanol–water partition coefficient (Wildman–Crippen LogP) is 0.0901. The molecular weight excluding hydrogens is 140 g/mol. The molecule has 0 aromatic rings. The van der Waals surface area contributed by atoms with Crippen molar-refractivity contribution in [1.82, 2.24) is 15.3 Å². The van der Waals surface area contributed by atoms with Gasteiger partial charge in [-0.2, -0.15) is 0 Å². The molecule has 64 valence electrons. The maximum Gasteiger partial charge on any atom is 0.212 e. The van der Waals surface area contributed by atoms with Crippen LogP contribution in [0.3, 0.4) is 0 Å². The average molecular weight is 156 g/mol. The highest BCUT2D eigenvalue weighted by Gasteiger charge is 2.20. The predicted molar refractivity (Wildman–Crippen MR) is 46.1 cm³/mol. The van der Waals surface area contributed by atoms with E-state index in [2.05, 4.69) is 29.3 Å². The van der Waals surface area contributed by atoms with Crippen LogP contribution in [-0.2, 0) is 0 Å². The Morgan fingerprint density at radius 1 is 1.55 bits per heavy atom. The van der Waals surface area contributed by atoms with Crippen molar-refractivity contribution in [3.63, 3.8) is 0 Å². The Morgan fingerprint density at radius 2 is 2.18 bits per heavy atom. The van der Waals surface area contributed by atoms with Gasteiger partial charge >= 0.3 is 0 Å². The molecule has 1 aliphatic rings. The van der Waals surface area contributed by atoms with Crippen molar-refractivity contribution < 1.29 is 0 Å². The Labute approximate surface area is 67.9 Å². The smallest absolute Gasteiger partial charge is 0.212 e. The molecule has 0 amide bonds. The Bertz CT molecular complexity index is 162. The van der Waals surface area contributed by atoms with E-state index in [0.717, 1.165) is 5.96 Å². The largest absolute Gasteiger partial charge is 0.348 e. The SMILES string of the molecule is CC(C)N1NCN=C1N(C)C. The maximum absolute atomic E-state index is 4.30. The number of rotatable bonds is 1. The van der Waals surface area contributed by atoms with Crippen LogP contribution in [0.4, 0.5) is 0 Å². The van der Waals surface area contributed by atoms with Crippen molar-refractivity contribution >= 4 is 5.96 Å². The van der Waals surface area contributed by atoms with Crippen molar-refractivity contribution in [3.05, 3.63) is 0 Å². The Balaban J connectivity index is 2.63. The molecule has 0 saturated carbocycles. The lowest BCUT2D eigenvalue weighted by Crippen LogP contribution is -2.47. The first-order valence-corrected chi connectivity index (χ1v) is 3.87. The van der Waals surface area contributed by atoms with Crippen LogP contribution < -0.4 is 5.43 Å². The summed E-state index contributed by atoms with van der Waals surface area (Å²) in [7, 11) is 4.00. The molecule has 0 atom stereocenters. The molecule has 1 N–H and O–H groups in total. The van der Waals surface area contributed by atoms with Gasteiger partial charge < -0.3 is 4.90 Å². The number of aliphatic imine (C=N–C) groups is 1. The second-order valence-corrected chi connectivity index (χ2v) is 3.13. The van der Waals surface area contributed by atoms with E-state index in [9.17, 15) is 0 Å². The quantitative estimate of drug-likeness (QED) is 0.583. The van der Waals surface area contributed by atoms with E-state index < -0.39 is 0 Å². The lowest BCUT2D eigenvalue weighted by Gasteiger charge is -2.27. The fraction of sp³-hybridized carbons (Fsp3) is 0.857. The van der Waals surface area contributed by atoms with Crippen LogP contribution in [-0.4, -0.2) is 42.7 Å². The number of hydrogen-bond acceptors (Lipinski definition) is 4. The molecule has 0 bridgehead atoms. The lowest BCUT2D eigenvalue weighted by molar-refractivity contribution is 0.258. The van der Waals surface area contributed by atoms with Crippen LogP contribution in [0.1, 0.15) is 13.8 Å². The lowest BCUT2D eigenvalue weighted by atomic mass is 10.4. The van der Waals surface area contributed by atoms with E-state index in [1.807, 2.05) is 19.0 Å². The van der Waals surface area contributed by atoms with E-state index in [0.29, 0.717) is 12.7 Å². The summed E-state index contributed by atoms with van der Waals surface area (Å²) < 4.78 is 0. The van der Waals surface area contributed by atoms with Crippen molar-refractivity contribution in [2.75, 3.05) is 20.8 Å². The number of guanidine groups is 1. The van der Waals surface area contributed by atoms with E-state index in [-0.39, 0.29) is 0 Å². The minimum Gasteiger partial charge on any atom is -0.348 e. The molecule has 1 heterocycles. The molecule has 0 aromatic carbocycles. The normalized spacial score (nSPS) is 17.5. The van der Waals surface area contributed by atoms with Crippen LogP contribution in [0, 0.1) is 0 Å². The molecule has 0 aromatic heterocycles.